The molecule has 2 aliphatic heterocycles. The molecule has 2 aromatic carbocycles. The number of nitrogens with zero attached hydrogens (tertiary/aromatic N) is 4. The fourth-order valence-electron chi connectivity index (χ4n) is 4.29. The molecule has 0 N–H and O–H groups in total. The number of anilines is 1. The summed E-state index contributed by atoms with van der Waals surface area (Å²) in [6.07, 6.45) is -2.61. The highest BCUT2D eigenvalue weighted by Crippen LogP contribution is 2.33. The van der Waals surface area contributed by atoms with Crippen molar-refractivity contribution < 1.29 is 32.3 Å². The highest BCUT2D eigenvalue weighted by molar-refractivity contribution is 5.52. The van der Waals surface area contributed by atoms with Crippen LogP contribution in [-0.2, 0) is 19.5 Å². The van der Waals surface area contributed by atoms with Crippen LogP contribution >= 0.6 is 0 Å². The Bertz CT molecular complexity index is 1240. The van der Waals surface area contributed by atoms with Gasteiger partial charge in [-0.25, -0.2) is 0 Å². The van der Waals surface area contributed by atoms with Gasteiger partial charge in [-0.2, -0.15) is 0 Å². The topological polar surface area (TPSA) is 91.9 Å². The van der Waals surface area contributed by atoms with E-state index in [9.17, 15) is 23.3 Å². The molecule has 0 saturated carbocycles. The number of nitro groups is 1. The van der Waals surface area contributed by atoms with Crippen molar-refractivity contribution in [3.8, 4) is 17.5 Å². The molecule has 0 radical (unpaired) electrons. The highest BCUT2D eigenvalue weighted by atomic mass is 19.4. The minimum absolute atomic E-state index is 0.200. The van der Waals surface area contributed by atoms with Crippen LogP contribution in [0.4, 0.5) is 24.7 Å². The van der Waals surface area contributed by atoms with Gasteiger partial charge >= 0.3 is 18.2 Å². The third-order valence-corrected chi connectivity index (χ3v) is 5.93. The first kappa shape index (κ1) is 22.8. The SMILES string of the molecule is C[C@]1(COc2ccc3c(c2)CCN(c2ccc(OC(F)(F)F)cc2)C3)Cn2cc([N+](=O)[O-])nc2O1. The molecule has 9 nitrogen and oxygen atoms in total. The summed E-state index contributed by atoms with van der Waals surface area (Å²) in [7, 11) is 0. The lowest BCUT2D eigenvalue weighted by atomic mass is 9.99. The first-order valence-electron chi connectivity index (χ1n) is 10.8. The molecule has 0 amide bonds. The Labute approximate surface area is 197 Å². The van der Waals surface area contributed by atoms with Crippen molar-refractivity contribution >= 4 is 11.5 Å². The maximum atomic E-state index is 12.4. The van der Waals surface area contributed by atoms with E-state index in [0.717, 1.165) is 23.2 Å². The van der Waals surface area contributed by atoms with E-state index in [1.165, 1.54) is 18.3 Å². The van der Waals surface area contributed by atoms with Crippen molar-refractivity contribution in [1.29, 1.82) is 0 Å². The number of hydrogen-bond donors (Lipinski definition) is 0. The van der Waals surface area contributed by atoms with Crippen LogP contribution in [0.1, 0.15) is 18.1 Å². The van der Waals surface area contributed by atoms with Gasteiger partial charge in [0.25, 0.3) is 0 Å². The number of rotatable bonds is 6. The van der Waals surface area contributed by atoms with Crippen LogP contribution in [0.3, 0.4) is 0 Å². The lowest BCUT2D eigenvalue weighted by Crippen LogP contribution is -2.38. The molecule has 3 heterocycles. The van der Waals surface area contributed by atoms with Crippen molar-refractivity contribution in [2.24, 2.45) is 0 Å². The number of benzene rings is 2. The van der Waals surface area contributed by atoms with Crippen molar-refractivity contribution in [2.75, 3.05) is 18.1 Å². The fraction of sp³-hybridized carbons (Fsp3) is 0.348. The zero-order valence-corrected chi connectivity index (χ0v) is 18.6. The van der Waals surface area contributed by atoms with Gasteiger partial charge in [0.2, 0.25) is 0 Å². The quantitative estimate of drug-likeness (QED) is 0.372. The predicted molar refractivity (Wildman–Crippen MR) is 118 cm³/mol. The van der Waals surface area contributed by atoms with E-state index in [4.69, 9.17) is 9.47 Å². The maximum Gasteiger partial charge on any atom is 0.573 e. The molecule has 3 aromatic rings. The largest absolute Gasteiger partial charge is 0.573 e. The molecular weight excluding hydrogens is 469 g/mol. The second-order valence-corrected chi connectivity index (χ2v) is 8.75. The van der Waals surface area contributed by atoms with Crippen LogP contribution in [0.2, 0.25) is 0 Å². The molecule has 0 bridgehead atoms. The Morgan fingerprint density at radius 2 is 1.91 bits per heavy atom. The van der Waals surface area contributed by atoms with Gasteiger partial charge in [-0.15, -0.1) is 13.2 Å². The summed E-state index contributed by atoms with van der Waals surface area (Å²) in [5, 5.41) is 10.9. The Hall–Kier alpha value is -3.96. The Morgan fingerprint density at radius 3 is 2.60 bits per heavy atom. The molecular formula is C23H21F3N4O5. The molecule has 184 valence electrons. The number of halogens is 3. The second-order valence-electron chi connectivity index (χ2n) is 8.75. The number of fused-ring (bicyclic) bond motifs is 2. The highest BCUT2D eigenvalue weighted by Gasteiger charge is 2.41. The van der Waals surface area contributed by atoms with Gasteiger partial charge in [0.1, 0.15) is 24.3 Å². The molecule has 0 unspecified atom stereocenters. The third-order valence-electron chi connectivity index (χ3n) is 5.93. The summed E-state index contributed by atoms with van der Waals surface area (Å²) in [5.41, 5.74) is 2.35. The standard InChI is InChI=1S/C23H21F3N4O5/c1-22(13-29-12-20(30(31)32)27-21(29)35-22)14-33-19-5-2-16-11-28(9-8-15(16)10-19)17-3-6-18(7-4-17)34-23(24,25)26/h2-7,10,12H,8-9,11,13-14H2,1H3/t22-/m1/s1. The van der Waals surface area contributed by atoms with Gasteiger partial charge in [0, 0.05) is 23.8 Å². The zero-order valence-electron chi connectivity index (χ0n) is 18.6. The summed E-state index contributed by atoms with van der Waals surface area (Å²) < 4.78 is 54.4. The Balaban J connectivity index is 1.19. The number of hydrogen-bond acceptors (Lipinski definition) is 7. The molecule has 35 heavy (non-hydrogen) atoms. The van der Waals surface area contributed by atoms with E-state index < -0.39 is 16.9 Å². The monoisotopic (exact) mass is 490 g/mol. The molecule has 0 saturated heterocycles. The predicted octanol–water partition coefficient (Wildman–Crippen LogP) is 4.48. The van der Waals surface area contributed by atoms with Gasteiger partial charge in [0.15, 0.2) is 5.60 Å². The summed E-state index contributed by atoms with van der Waals surface area (Å²) >= 11 is 0. The van der Waals surface area contributed by atoms with Gasteiger partial charge < -0.3 is 29.2 Å². The van der Waals surface area contributed by atoms with E-state index in [-0.39, 0.29) is 24.2 Å². The lowest BCUT2D eigenvalue weighted by molar-refractivity contribution is -0.389. The summed E-state index contributed by atoms with van der Waals surface area (Å²) in [6, 6.07) is 11.9. The van der Waals surface area contributed by atoms with Gasteiger partial charge in [-0.3, -0.25) is 4.57 Å². The Morgan fingerprint density at radius 1 is 1.17 bits per heavy atom. The van der Waals surface area contributed by atoms with Crippen LogP contribution in [0.15, 0.2) is 48.7 Å². The summed E-state index contributed by atoms with van der Waals surface area (Å²) in [5.74, 6) is 0.186. The molecule has 0 spiro atoms. The molecule has 1 aromatic heterocycles. The number of aromatic nitrogens is 2. The molecule has 0 aliphatic carbocycles. The maximum absolute atomic E-state index is 12.4. The van der Waals surface area contributed by atoms with Crippen LogP contribution in [-0.4, -0.2) is 39.6 Å². The number of alkyl halides is 3. The van der Waals surface area contributed by atoms with E-state index >= 15 is 0 Å². The smallest absolute Gasteiger partial charge is 0.489 e. The molecule has 12 heteroatoms. The number of imidazole rings is 1. The zero-order chi connectivity index (χ0) is 24.8. The average Bonchev–Trinajstić information content (AvgIpc) is 3.32. The first-order valence-corrected chi connectivity index (χ1v) is 10.8. The van der Waals surface area contributed by atoms with Crippen molar-refractivity contribution in [2.45, 2.75) is 38.4 Å². The fourth-order valence-corrected chi connectivity index (χ4v) is 4.29. The summed E-state index contributed by atoms with van der Waals surface area (Å²) in [6.45, 7) is 3.80. The van der Waals surface area contributed by atoms with Crippen LogP contribution < -0.4 is 19.1 Å². The van der Waals surface area contributed by atoms with E-state index in [1.54, 1.807) is 16.7 Å². The lowest BCUT2D eigenvalue weighted by Gasteiger charge is -2.31. The minimum Gasteiger partial charge on any atom is -0.489 e. The van der Waals surface area contributed by atoms with Crippen LogP contribution in [0, 0.1) is 10.1 Å². The third kappa shape index (κ3) is 4.96. The molecule has 2 aliphatic rings. The Kier molecular flexibility index (Phi) is 5.45. The second kappa shape index (κ2) is 8.36. The van der Waals surface area contributed by atoms with Crippen molar-refractivity contribution in [3.05, 3.63) is 69.9 Å². The molecule has 0 fully saturated rings. The normalized spacial score (nSPS) is 19.0. The minimum atomic E-state index is -4.71. The van der Waals surface area contributed by atoms with Crippen LogP contribution in [0.25, 0.3) is 0 Å². The van der Waals surface area contributed by atoms with Crippen molar-refractivity contribution in [3.63, 3.8) is 0 Å². The molecule has 1 atom stereocenters. The first-order chi connectivity index (χ1) is 16.6. The van der Waals surface area contributed by atoms with E-state index in [2.05, 4.69) is 14.6 Å². The van der Waals surface area contributed by atoms with Crippen LogP contribution in [0.5, 0.6) is 17.5 Å². The van der Waals surface area contributed by atoms with E-state index in [0.29, 0.717) is 25.4 Å². The number of ether oxygens (including phenoxy) is 3. The average molecular weight is 490 g/mol. The molecule has 5 rings (SSSR count). The van der Waals surface area contributed by atoms with Gasteiger partial charge in [-0.05, 0) is 65.8 Å². The van der Waals surface area contributed by atoms with Crippen molar-refractivity contribution in [1.82, 2.24) is 9.55 Å². The van der Waals surface area contributed by atoms with E-state index in [1.807, 2.05) is 25.1 Å². The van der Waals surface area contributed by atoms with Gasteiger partial charge in [-0.1, -0.05) is 6.07 Å². The van der Waals surface area contributed by atoms with Gasteiger partial charge in [0.05, 0.1) is 6.54 Å². The summed E-state index contributed by atoms with van der Waals surface area (Å²) in [4.78, 5) is 16.3.